The highest BCUT2D eigenvalue weighted by Gasteiger charge is 2.24. The van der Waals surface area contributed by atoms with Gasteiger partial charge < -0.3 is 10.4 Å². The Labute approximate surface area is 124 Å². The second-order valence-corrected chi connectivity index (χ2v) is 5.73. The summed E-state index contributed by atoms with van der Waals surface area (Å²) in [4.78, 5) is 4.16. The Balaban J connectivity index is 1.67. The molecule has 1 fully saturated rings. The third kappa shape index (κ3) is 3.31. The van der Waals surface area contributed by atoms with E-state index in [9.17, 15) is 5.11 Å². The Morgan fingerprint density at radius 1 is 1.29 bits per heavy atom. The summed E-state index contributed by atoms with van der Waals surface area (Å²) in [5.74, 6) is 0.382. The largest absolute Gasteiger partial charge is 0.396 e. The number of H-pyrrole nitrogens is 1. The number of aromatic amines is 1. The summed E-state index contributed by atoms with van der Waals surface area (Å²) < 4.78 is 0. The molecule has 0 radical (unpaired) electrons. The monoisotopic (exact) mass is 286 g/mol. The molecule has 2 unspecified atom stereocenters. The van der Waals surface area contributed by atoms with Crippen LogP contribution >= 0.6 is 0 Å². The van der Waals surface area contributed by atoms with E-state index in [1.807, 2.05) is 24.5 Å². The van der Waals surface area contributed by atoms with Crippen molar-refractivity contribution in [2.24, 2.45) is 5.92 Å². The summed E-state index contributed by atoms with van der Waals surface area (Å²) in [5, 5.41) is 20.3. The van der Waals surface area contributed by atoms with Crippen molar-refractivity contribution in [2.75, 3.05) is 6.61 Å². The van der Waals surface area contributed by atoms with Crippen molar-refractivity contribution in [1.29, 1.82) is 0 Å². The Morgan fingerprint density at radius 2 is 2.19 bits per heavy atom. The Bertz CT molecular complexity index is 554. The van der Waals surface area contributed by atoms with Crippen LogP contribution in [0.4, 0.5) is 0 Å². The molecule has 2 aromatic heterocycles. The van der Waals surface area contributed by atoms with E-state index in [-0.39, 0.29) is 6.61 Å². The first-order chi connectivity index (χ1) is 10.4. The zero-order valence-corrected chi connectivity index (χ0v) is 12.1. The van der Waals surface area contributed by atoms with Gasteiger partial charge in [-0.3, -0.25) is 10.1 Å². The Morgan fingerprint density at radius 3 is 3.00 bits per heavy atom. The molecule has 3 rings (SSSR count). The lowest BCUT2D eigenvalue weighted by Gasteiger charge is -2.31. The van der Waals surface area contributed by atoms with Crippen molar-refractivity contribution >= 4 is 0 Å². The molecule has 112 valence electrons. The Hall–Kier alpha value is -1.72. The molecule has 0 bridgehead atoms. The average Bonchev–Trinajstić information content (AvgIpc) is 3.02. The van der Waals surface area contributed by atoms with Crippen molar-refractivity contribution < 1.29 is 5.11 Å². The van der Waals surface area contributed by atoms with Gasteiger partial charge in [0, 0.05) is 42.7 Å². The number of rotatable bonds is 5. The molecule has 2 heterocycles. The van der Waals surface area contributed by atoms with E-state index in [0.29, 0.717) is 12.0 Å². The van der Waals surface area contributed by atoms with E-state index in [4.69, 9.17) is 0 Å². The van der Waals surface area contributed by atoms with Crippen molar-refractivity contribution in [2.45, 2.75) is 38.3 Å². The molecule has 1 saturated carbocycles. The predicted molar refractivity (Wildman–Crippen MR) is 81.5 cm³/mol. The second-order valence-electron chi connectivity index (χ2n) is 5.73. The molecular formula is C16H22N4O. The minimum Gasteiger partial charge on any atom is -0.396 e. The van der Waals surface area contributed by atoms with Gasteiger partial charge in [0.2, 0.25) is 0 Å². The smallest absolute Gasteiger partial charge is 0.0710 e. The molecule has 0 aromatic carbocycles. The average molecular weight is 286 g/mol. The van der Waals surface area contributed by atoms with Gasteiger partial charge in [-0.25, -0.2) is 0 Å². The van der Waals surface area contributed by atoms with Crippen LogP contribution in [0.5, 0.6) is 0 Å². The number of aliphatic hydroxyl groups is 1. The highest BCUT2D eigenvalue weighted by atomic mass is 16.3. The second kappa shape index (κ2) is 6.83. The van der Waals surface area contributed by atoms with E-state index in [1.165, 1.54) is 12.8 Å². The van der Waals surface area contributed by atoms with Gasteiger partial charge in [-0.2, -0.15) is 5.10 Å². The number of nitrogens with zero attached hydrogens (tertiary/aromatic N) is 2. The highest BCUT2D eigenvalue weighted by Crippen LogP contribution is 2.25. The topological polar surface area (TPSA) is 73.8 Å². The zero-order valence-electron chi connectivity index (χ0n) is 12.1. The van der Waals surface area contributed by atoms with Crippen LogP contribution < -0.4 is 5.32 Å². The number of aliphatic hydroxyl groups excluding tert-OH is 1. The van der Waals surface area contributed by atoms with Gasteiger partial charge >= 0.3 is 0 Å². The summed E-state index contributed by atoms with van der Waals surface area (Å²) in [6.45, 7) is 1.04. The van der Waals surface area contributed by atoms with Crippen LogP contribution in [0, 0.1) is 5.92 Å². The quantitative estimate of drug-likeness (QED) is 0.787. The lowest BCUT2D eigenvalue weighted by molar-refractivity contribution is 0.152. The molecule has 2 atom stereocenters. The predicted octanol–water partition coefficient (Wildman–Crippen LogP) is 2.11. The third-order valence-corrected chi connectivity index (χ3v) is 4.37. The number of aromatic nitrogens is 3. The summed E-state index contributed by atoms with van der Waals surface area (Å²) in [7, 11) is 0. The molecule has 1 aliphatic carbocycles. The highest BCUT2D eigenvalue weighted by molar-refractivity contribution is 5.61. The molecule has 1 aliphatic rings. The van der Waals surface area contributed by atoms with Gasteiger partial charge in [-0.15, -0.1) is 0 Å². The van der Waals surface area contributed by atoms with Gasteiger partial charge in [0.15, 0.2) is 0 Å². The number of nitrogens with one attached hydrogen (secondary N) is 2. The van der Waals surface area contributed by atoms with E-state index in [1.54, 1.807) is 6.20 Å². The fraction of sp³-hybridized carbons (Fsp3) is 0.500. The zero-order chi connectivity index (χ0) is 14.5. The van der Waals surface area contributed by atoms with Gasteiger partial charge in [0.25, 0.3) is 0 Å². The minimum absolute atomic E-state index is 0.276. The van der Waals surface area contributed by atoms with E-state index >= 15 is 0 Å². The van der Waals surface area contributed by atoms with Crippen LogP contribution in [0.25, 0.3) is 11.3 Å². The van der Waals surface area contributed by atoms with Crippen LogP contribution in [0.15, 0.2) is 30.7 Å². The van der Waals surface area contributed by atoms with Gasteiger partial charge in [-0.05, 0) is 30.9 Å². The van der Waals surface area contributed by atoms with Crippen molar-refractivity contribution in [1.82, 2.24) is 20.5 Å². The molecule has 0 spiro atoms. The molecule has 0 saturated heterocycles. The fourth-order valence-electron chi connectivity index (χ4n) is 3.14. The number of pyridine rings is 1. The first kappa shape index (κ1) is 14.2. The van der Waals surface area contributed by atoms with Crippen molar-refractivity contribution in [3.63, 3.8) is 0 Å². The summed E-state index contributed by atoms with van der Waals surface area (Å²) >= 11 is 0. The van der Waals surface area contributed by atoms with Crippen LogP contribution in [0.1, 0.15) is 31.2 Å². The third-order valence-electron chi connectivity index (χ3n) is 4.37. The van der Waals surface area contributed by atoms with Gasteiger partial charge in [0.1, 0.15) is 0 Å². The fourth-order valence-corrected chi connectivity index (χ4v) is 3.14. The lowest BCUT2D eigenvalue weighted by atomic mass is 9.85. The SMILES string of the molecule is OCC1CCCCC1NCc1cn[nH]c1-c1cccnc1. The van der Waals surface area contributed by atoms with Crippen LogP contribution in [0.2, 0.25) is 0 Å². The molecule has 21 heavy (non-hydrogen) atoms. The maximum Gasteiger partial charge on any atom is 0.0710 e. The normalized spacial score (nSPS) is 22.3. The minimum atomic E-state index is 0.276. The summed E-state index contributed by atoms with van der Waals surface area (Å²) in [6.07, 6.45) is 10.2. The standard InChI is InChI=1S/C16H22N4O/c21-11-13-4-1-2-6-15(13)18-9-14-10-19-20-16(14)12-5-3-7-17-8-12/h3,5,7-8,10,13,15,18,21H,1-2,4,6,9,11H2,(H,19,20). The lowest BCUT2D eigenvalue weighted by Crippen LogP contribution is -2.39. The molecule has 0 amide bonds. The molecule has 5 nitrogen and oxygen atoms in total. The van der Waals surface area contributed by atoms with Crippen molar-refractivity contribution in [3.05, 3.63) is 36.3 Å². The molecule has 3 N–H and O–H groups in total. The van der Waals surface area contributed by atoms with Crippen molar-refractivity contribution in [3.8, 4) is 11.3 Å². The first-order valence-corrected chi connectivity index (χ1v) is 7.65. The molecule has 5 heteroatoms. The maximum absolute atomic E-state index is 9.48. The van der Waals surface area contributed by atoms with E-state index in [0.717, 1.165) is 36.2 Å². The number of hydrogen-bond donors (Lipinski definition) is 3. The maximum atomic E-state index is 9.48. The molecule has 0 aliphatic heterocycles. The first-order valence-electron chi connectivity index (χ1n) is 7.65. The summed E-state index contributed by atoms with van der Waals surface area (Å²) in [5.41, 5.74) is 3.21. The van der Waals surface area contributed by atoms with Gasteiger partial charge in [-0.1, -0.05) is 12.8 Å². The summed E-state index contributed by atoms with van der Waals surface area (Å²) in [6, 6.07) is 4.36. The van der Waals surface area contributed by atoms with Crippen LogP contribution in [-0.4, -0.2) is 32.9 Å². The molecular weight excluding hydrogens is 264 g/mol. The van der Waals surface area contributed by atoms with E-state index in [2.05, 4.69) is 20.5 Å². The Kier molecular flexibility index (Phi) is 4.62. The van der Waals surface area contributed by atoms with Crippen LogP contribution in [0.3, 0.4) is 0 Å². The van der Waals surface area contributed by atoms with Crippen LogP contribution in [-0.2, 0) is 6.54 Å². The molecule has 2 aromatic rings. The van der Waals surface area contributed by atoms with Gasteiger partial charge in [0.05, 0.1) is 11.9 Å². The number of hydrogen-bond acceptors (Lipinski definition) is 4. The van der Waals surface area contributed by atoms with E-state index < -0.39 is 0 Å².